The van der Waals surface area contributed by atoms with Gasteiger partial charge in [-0.1, -0.05) is 42.5 Å². The Bertz CT molecular complexity index is 1080. The van der Waals surface area contributed by atoms with Crippen molar-refractivity contribution in [2.24, 2.45) is 0 Å². The van der Waals surface area contributed by atoms with Crippen LogP contribution in [0.3, 0.4) is 0 Å². The van der Waals surface area contributed by atoms with Gasteiger partial charge in [0.2, 0.25) is 5.43 Å². The molecule has 0 aliphatic heterocycles. The van der Waals surface area contributed by atoms with E-state index in [2.05, 4.69) is 4.98 Å². The number of hydrogen-bond donors (Lipinski definition) is 1. The monoisotopic (exact) mass is 334 g/mol. The van der Waals surface area contributed by atoms with Crippen LogP contribution >= 0.6 is 0 Å². The second-order valence-corrected chi connectivity index (χ2v) is 6.08. The fourth-order valence-corrected chi connectivity index (χ4v) is 2.87. The van der Waals surface area contributed by atoms with E-state index in [1.54, 1.807) is 67.5 Å². The van der Waals surface area contributed by atoms with Gasteiger partial charge in [0.05, 0.1) is 11.1 Å². The molecule has 1 aromatic heterocycles. The lowest BCUT2D eigenvalue weighted by Crippen LogP contribution is -2.19. The van der Waals surface area contributed by atoms with E-state index in [9.17, 15) is 14.4 Å². The minimum absolute atomic E-state index is 0.0400. The first-order valence-electron chi connectivity index (χ1n) is 7.88. The average molecular weight is 334 g/mol. The SMILES string of the molecule is CC(=O)c1ccc(-c2[nH]c(=O)c3ccccc3c(=O)c2N(C)C)cc1. The maximum atomic E-state index is 13.0. The highest BCUT2D eigenvalue weighted by Gasteiger charge is 2.15. The summed E-state index contributed by atoms with van der Waals surface area (Å²) in [6, 6.07) is 13.6. The number of rotatable bonds is 3. The van der Waals surface area contributed by atoms with E-state index in [-0.39, 0.29) is 16.8 Å². The topological polar surface area (TPSA) is 70.2 Å². The number of nitrogens with one attached hydrogen (secondary N) is 1. The summed E-state index contributed by atoms with van der Waals surface area (Å²) in [5.41, 5.74) is 1.53. The predicted octanol–water partition coefficient (Wildman–Crippen LogP) is 2.82. The van der Waals surface area contributed by atoms with Crippen LogP contribution in [0.4, 0.5) is 5.69 Å². The normalized spacial score (nSPS) is 10.7. The Labute approximate surface area is 144 Å². The molecular weight excluding hydrogens is 316 g/mol. The lowest BCUT2D eigenvalue weighted by Gasteiger charge is -2.14. The number of fused-ring (bicyclic) bond motifs is 1. The Hall–Kier alpha value is -3.21. The molecule has 0 radical (unpaired) electrons. The van der Waals surface area contributed by atoms with E-state index in [1.807, 2.05) is 0 Å². The molecule has 126 valence electrons. The number of hydrogen-bond acceptors (Lipinski definition) is 4. The van der Waals surface area contributed by atoms with Crippen LogP contribution in [0.5, 0.6) is 0 Å². The number of H-pyrrole nitrogens is 1. The van der Waals surface area contributed by atoms with Crippen molar-refractivity contribution in [2.45, 2.75) is 6.92 Å². The third-order valence-electron chi connectivity index (χ3n) is 4.13. The van der Waals surface area contributed by atoms with Gasteiger partial charge in [-0.3, -0.25) is 14.4 Å². The van der Waals surface area contributed by atoms with Gasteiger partial charge in [0.25, 0.3) is 5.56 Å². The Morgan fingerprint density at radius 3 is 2.08 bits per heavy atom. The van der Waals surface area contributed by atoms with Gasteiger partial charge in [-0.15, -0.1) is 0 Å². The second-order valence-electron chi connectivity index (χ2n) is 6.08. The fraction of sp³-hybridized carbons (Fsp3) is 0.150. The quantitative estimate of drug-likeness (QED) is 0.748. The summed E-state index contributed by atoms with van der Waals surface area (Å²) in [6.45, 7) is 1.49. The van der Waals surface area contributed by atoms with Crippen molar-refractivity contribution in [1.29, 1.82) is 0 Å². The largest absolute Gasteiger partial charge is 0.373 e. The van der Waals surface area contributed by atoms with Crippen LogP contribution in [0.2, 0.25) is 0 Å². The van der Waals surface area contributed by atoms with Crippen molar-refractivity contribution in [3.8, 4) is 11.3 Å². The Morgan fingerprint density at radius 1 is 0.920 bits per heavy atom. The number of nitrogens with zero attached hydrogens (tertiary/aromatic N) is 1. The van der Waals surface area contributed by atoms with Gasteiger partial charge in [-0.25, -0.2) is 0 Å². The molecule has 5 heteroatoms. The molecule has 0 fully saturated rings. The summed E-state index contributed by atoms with van der Waals surface area (Å²) < 4.78 is 0. The summed E-state index contributed by atoms with van der Waals surface area (Å²) in [5, 5.41) is 0.723. The van der Waals surface area contributed by atoms with E-state index < -0.39 is 0 Å². The average Bonchev–Trinajstić information content (AvgIpc) is 2.71. The zero-order valence-electron chi connectivity index (χ0n) is 14.3. The molecule has 3 rings (SSSR count). The maximum absolute atomic E-state index is 13.0. The number of carbonyl (C=O) groups is 1. The molecule has 0 bridgehead atoms. The minimum Gasteiger partial charge on any atom is -0.373 e. The first-order chi connectivity index (χ1) is 11.9. The molecule has 3 aromatic rings. The molecule has 1 heterocycles. The predicted molar refractivity (Wildman–Crippen MR) is 101 cm³/mol. The molecule has 5 nitrogen and oxygen atoms in total. The Morgan fingerprint density at radius 2 is 1.52 bits per heavy atom. The van der Waals surface area contributed by atoms with E-state index in [4.69, 9.17) is 0 Å². The number of carbonyl (C=O) groups excluding carboxylic acids is 1. The number of aromatic nitrogens is 1. The summed E-state index contributed by atoms with van der Waals surface area (Å²) in [5.74, 6) is -0.0400. The van der Waals surface area contributed by atoms with E-state index in [1.165, 1.54) is 6.92 Å². The smallest absolute Gasteiger partial charge is 0.256 e. The highest BCUT2D eigenvalue weighted by Crippen LogP contribution is 2.25. The molecule has 25 heavy (non-hydrogen) atoms. The molecule has 0 aliphatic carbocycles. The van der Waals surface area contributed by atoms with E-state index in [0.29, 0.717) is 33.3 Å². The summed E-state index contributed by atoms with van der Waals surface area (Å²) >= 11 is 0. The zero-order chi connectivity index (χ0) is 18.1. The Kier molecular flexibility index (Phi) is 4.23. The maximum Gasteiger partial charge on any atom is 0.256 e. The zero-order valence-corrected chi connectivity index (χ0v) is 14.3. The first kappa shape index (κ1) is 16.6. The van der Waals surface area contributed by atoms with Crippen LogP contribution in [0.15, 0.2) is 58.1 Å². The van der Waals surface area contributed by atoms with Gasteiger partial charge in [0, 0.05) is 30.6 Å². The highest BCUT2D eigenvalue weighted by atomic mass is 16.1. The lowest BCUT2D eigenvalue weighted by atomic mass is 10.1. The summed E-state index contributed by atoms with van der Waals surface area (Å²) in [7, 11) is 3.52. The van der Waals surface area contributed by atoms with Gasteiger partial charge in [-0.05, 0) is 13.0 Å². The third-order valence-corrected chi connectivity index (χ3v) is 4.13. The van der Waals surface area contributed by atoms with Crippen LogP contribution in [0.1, 0.15) is 17.3 Å². The molecule has 0 saturated heterocycles. The van der Waals surface area contributed by atoms with Crippen LogP contribution in [0.25, 0.3) is 22.0 Å². The van der Waals surface area contributed by atoms with Crippen molar-refractivity contribution in [2.75, 3.05) is 19.0 Å². The third kappa shape index (κ3) is 2.96. The van der Waals surface area contributed by atoms with E-state index in [0.717, 1.165) is 0 Å². The first-order valence-corrected chi connectivity index (χ1v) is 7.88. The molecule has 0 saturated carbocycles. The summed E-state index contributed by atoms with van der Waals surface area (Å²) in [4.78, 5) is 41.7. The molecule has 0 unspecified atom stereocenters. The lowest BCUT2D eigenvalue weighted by molar-refractivity contribution is 0.101. The van der Waals surface area contributed by atoms with Gasteiger partial charge in [-0.2, -0.15) is 0 Å². The molecule has 1 N–H and O–H groups in total. The van der Waals surface area contributed by atoms with Crippen LogP contribution in [-0.2, 0) is 0 Å². The number of aromatic amines is 1. The van der Waals surface area contributed by atoms with Gasteiger partial charge < -0.3 is 9.88 Å². The van der Waals surface area contributed by atoms with Crippen molar-refractivity contribution in [3.63, 3.8) is 0 Å². The second kappa shape index (κ2) is 6.36. The van der Waals surface area contributed by atoms with Gasteiger partial charge in [0.15, 0.2) is 5.78 Å². The number of anilines is 1. The number of Topliss-reactive ketones (excluding diaryl/α,β-unsaturated/α-hetero) is 1. The molecule has 2 aromatic carbocycles. The van der Waals surface area contributed by atoms with Crippen LogP contribution in [0, 0.1) is 0 Å². The van der Waals surface area contributed by atoms with Crippen molar-refractivity contribution >= 4 is 22.2 Å². The summed E-state index contributed by atoms with van der Waals surface area (Å²) in [6.07, 6.45) is 0. The van der Waals surface area contributed by atoms with Crippen LogP contribution < -0.4 is 15.9 Å². The van der Waals surface area contributed by atoms with E-state index >= 15 is 0 Å². The highest BCUT2D eigenvalue weighted by molar-refractivity contribution is 5.95. The standard InChI is InChI=1S/C20H18N2O3/c1-12(23)13-8-10-14(11-9-13)17-18(22(2)3)19(24)15-6-4-5-7-16(15)20(25)21-17/h4-11H,1-3H3,(H,21,25). The molecular formula is C20H18N2O3. The molecule has 0 atom stereocenters. The van der Waals surface area contributed by atoms with Crippen LogP contribution in [-0.4, -0.2) is 24.9 Å². The molecule has 0 spiro atoms. The van der Waals surface area contributed by atoms with Crippen molar-refractivity contribution in [3.05, 3.63) is 74.7 Å². The fourth-order valence-electron chi connectivity index (χ4n) is 2.87. The number of ketones is 1. The molecule has 0 amide bonds. The van der Waals surface area contributed by atoms with Crippen molar-refractivity contribution in [1.82, 2.24) is 4.98 Å². The molecule has 0 aliphatic rings. The Balaban J connectivity index is 2.42. The van der Waals surface area contributed by atoms with Gasteiger partial charge >= 0.3 is 0 Å². The van der Waals surface area contributed by atoms with Crippen molar-refractivity contribution < 1.29 is 4.79 Å². The minimum atomic E-state index is -0.327. The van der Waals surface area contributed by atoms with Gasteiger partial charge in [0.1, 0.15) is 5.69 Å². The number of benzene rings is 2.